The molecule has 0 saturated heterocycles. The van der Waals surface area contributed by atoms with E-state index in [4.69, 9.17) is 0 Å². The van der Waals surface area contributed by atoms with Crippen LogP contribution < -0.4 is 0 Å². The highest BCUT2D eigenvalue weighted by molar-refractivity contribution is 5.79. The predicted molar refractivity (Wildman–Crippen MR) is 68.6 cm³/mol. The second-order valence-electron chi connectivity index (χ2n) is 6.79. The van der Waals surface area contributed by atoms with Gasteiger partial charge in [-0.3, -0.25) is 4.79 Å². The van der Waals surface area contributed by atoms with E-state index >= 15 is 0 Å². The standard InChI is InChI=1S/C15H26O2/c1-9(2)11-7-8-15(4)13(17)6-5-12(10(3)16)14(11)15/h9,11-14,17H,5-8H2,1-4H3. The van der Waals surface area contributed by atoms with Gasteiger partial charge in [-0.15, -0.1) is 0 Å². The minimum atomic E-state index is -0.202. The molecule has 0 aromatic carbocycles. The summed E-state index contributed by atoms with van der Waals surface area (Å²) in [5.41, 5.74) is -0.0104. The van der Waals surface area contributed by atoms with Crippen LogP contribution in [0, 0.1) is 29.1 Å². The Bertz CT molecular complexity index is 310. The summed E-state index contributed by atoms with van der Waals surface area (Å²) < 4.78 is 0. The molecule has 2 aliphatic rings. The molecule has 0 aliphatic heterocycles. The van der Waals surface area contributed by atoms with Gasteiger partial charge in [0.15, 0.2) is 0 Å². The van der Waals surface area contributed by atoms with E-state index in [1.165, 1.54) is 6.42 Å². The number of hydrogen-bond donors (Lipinski definition) is 1. The molecule has 0 heterocycles. The smallest absolute Gasteiger partial charge is 0.133 e. The van der Waals surface area contributed by atoms with E-state index in [1.807, 2.05) is 0 Å². The van der Waals surface area contributed by atoms with Crippen molar-refractivity contribution in [1.82, 2.24) is 0 Å². The third-order valence-electron chi connectivity index (χ3n) is 5.56. The van der Waals surface area contributed by atoms with Gasteiger partial charge in [0.2, 0.25) is 0 Å². The van der Waals surface area contributed by atoms with Gasteiger partial charge >= 0.3 is 0 Å². The Morgan fingerprint density at radius 3 is 2.47 bits per heavy atom. The highest BCUT2D eigenvalue weighted by Crippen LogP contribution is 2.58. The summed E-state index contributed by atoms with van der Waals surface area (Å²) in [6.45, 7) is 8.46. The van der Waals surface area contributed by atoms with Crippen LogP contribution >= 0.6 is 0 Å². The van der Waals surface area contributed by atoms with Crippen molar-refractivity contribution in [2.75, 3.05) is 0 Å². The molecule has 2 aliphatic carbocycles. The van der Waals surface area contributed by atoms with Crippen molar-refractivity contribution in [1.29, 1.82) is 0 Å². The lowest BCUT2D eigenvalue weighted by Crippen LogP contribution is -2.48. The minimum Gasteiger partial charge on any atom is -0.393 e. The quantitative estimate of drug-likeness (QED) is 0.803. The van der Waals surface area contributed by atoms with E-state index < -0.39 is 0 Å². The van der Waals surface area contributed by atoms with Gasteiger partial charge in [0.1, 0.15) is 5.78 Å². The topological polar surface area (TPSA) is 37.3 Å². The molecule has 0 aromatic heterocycles. The van der Waals surface area contributed by atoms with E-state index in [0.29, 0.717) is 23.5 Å². The SMILES string of the molecule is CC(=O)C1CCC(O)C2(C)CCC(C(C)C)C12. The molecule has 98 valence electrons. The highest BCUT2D eigenvalue weighted by Gasteiger charge is 2.56. The van der Waals surface area contributed by atoms with Gasteiger partial charge in [-0.25, -0.2) is 0 Å². The van der Waals surface area contributed by atoms with E-state index in [9.17, 15) is 9.90 Å². The molecule has 2 fully saturated rings. The molecule has 17 heavy (non-hydrogen) atoms. The third-order valence-corrected chi connectivity index (χ3v) is 5.56. The second-order valence-corrected chi connectivity index (χ2v) is 6.79. The van der Waals surface area contributed by atoms with Crippen molar-refractivity contribution in [3.05, 3.63) is 0 Å². The molecule has 2 nitrogen and oxygen atoms in total. The molecule has 2 saturated carbocycles. The molecule has 5 atom stereocenters. The lowest BCUT2D eigenvalue weighted by atomic mass is 9.59. The normalized spacial score (nSPS) is 46.0. The maximum Gasteiger partial charge on any atom is 0.133 e. The van der Waals surface area contributed by atoms with Crippen LogP contribution in [0.15, 0.2) is 0 Å². The van der Waals surface area contributed by atoms with Crippen LogP contribution in [0.3, 0.4) is 0 Å². The van der Waals surface area contributed by atoms with Crippen LogP contribution in [0.1, 0.15) is 53.4 Å². The van der Waals surface area contributed by atoms with Crippen LogP contribution in [0.5, 0.6) is 0 Å². The Labute approximate surface area is 105 Å². The van der Waals surface area contributed by atoms with Crippen LogP contribution in [-0.4, -0.2) is 17.0 Å². The fourth-order valence-electron chi connectivity index (χ4n) is 4.51. The summed E-state index contributed by atoms with van der Waals surface area (Å²) in [5, 5.41) is 10.3. The Morgan fingerprint density at radius 1 is 1.29 bits per heavy atom. The summed E-state index contributed by atoms with van der Waals surface area (Å²) in [6, 6.07) is 0. The van der Waals surface area contributed by atoms with Gasteiger partial charge in [-0.05, 0) is 55.8 Å². The molecular formula is C15H26O2. The predicted octanol–water partition coefficient (Wildman–Crippen LogP) is 3.03. The van der Waals surface area contributed by atoms with Crippen LogP contribution in [0.25, 0.3) is 0 Å². The first-order valence-corrected chi connectivity index (χ1v) is 7.06. The number of rotatable bonds is 2. The summed E-state index contributed by atoms with van der Waals surface area (Å²) >= 11 is 0. The number of ketones is 1. The summed E-state index contributed by atoms with van der Waals surface area (Å²) in [7, 11) is 0. The van der Waals surface area contributed by atoms with Crippen LogP contribution in [0.2, 0.25) is 0 Å². The fraction of sp³-hybridized carbons (Fsp3) is 0.933. The zero-order chi connectivity index (χ0) is 12.8. The summed E-state index contributed by atoms with van der Waals surface area (Å²) in [4.78, 5) is 11.9. The van der Waals surface area contributed by atoms with Gasteiger partial charge in [-0.1, -0.05) is 20.8 Å². The van der Waals surface area contributed by atoms with Crippen LogP contribution in [-0.2, 0) is 4.79 Å². The van der Waals surface area contributed by atoms with E-state index in [1.54, 1.807) is 6.92 Å². The molecule has 0 radical (unpaired) electrons. The second kappa shape index (κ2) is 4.38. The Balaban J connectivity index is 2.33. The van der Waals surface area contributed by atoms with Crippen molar-refractivity contribution in [2.45, 2.75) is 59.5 Å². The molecule has 5 unspecified atom stereocenters. The first-order chi connectivity index (χ1) is 7.88. The number of fused-ring (bicyclic) bond motifs is 1. The Morgan fingerprint density at radius 2 is 1.94 bits per heavy atom. The maximum absolute atomic E-state index is 11.9. The summed E-state index contributed by atoms with van der Waals surface area (Å²) in [6.07, 6.45) is 3.76. The summed E-state index contributed by atoms with van der Waals surface area (Å²) in [5.74, 6) is 2.17. The Kier molecular flexibility index (Phi) is 3.37. The first kappa shape index (κ1) is 13.1. The first-order valence-electron chi connectivity index (χ1n) is 7.06. The van der Waals surface area contributed by atoms with Crippen LogP contribution in [0.4, 0.5) is 0 Å². The molecule has 1 N–H and O–H groups in total. The molecule has 0 aromatic rings. The van der Waals surface area contributed by atoms with E-state index in [0.717, 1.165) is 19.3 Å². The number of aliphatic hydroxyl groups excluding tert-OH is 1. The Hall–Kier alpha value is -0.370. The van der Waals surface area contributed by atoms with Crippen molar-refractivity contribution >= 4 is 5.78 Å². The van der Waals surface area contributed by atoms with Gasteiger partial charge in [0, 0.05) is 5.92 Å². The van der Waals surface area contributed by atoms with Gasteiger partial charge in [-0.2, -0.15) is 0 Å². The number of carbonyl (C=O) groups is 1. The van der Waals surface area contributed by atoms with Crippen molar-refractivity contribution < 1.29 is 9.90 Å². The molecule has 0 bridgehead atoms. The average Bonchev–Trinajstić information content (AvgIpc) is 2.58. The lowest BCUT2D eigenvalue weighted by Gasteiger charge is -2.47. The molecule has 0 spiro atoms. The average molecular weight is 238 g/mol. The lowest BCUT2D eigenvalue weighted by molar-refractivity contribution is -0.132. The van der Waals surface area contributed by atoms with Gasteiger partial charge in [0.25, 0.3) is 0 Å². The van der Waals surface area contributed by atoms with Gasteiger partial charge < -0.3 is 5.11 Å². The fourth-order valence-corrected chi connectivity index (χ4v) is 4.51. The van der Waals surface area contributed by atoms with E-state index in [-0.39, 0.29) is 17.4 Å². The highest BCUT2D eigenvalue weighted by atomic mass is 16.3. The van der Waals surface area contributed by atoms with Crippen molar-refractivity contribution in [3.63, 3.8) is 0 Å². The molecule has 2 rings (SSSR count). The van der Waals surface area contributed by atoms with Gasteiger partial charge in [0.05, 0.1) is 6.10 Å². The number of Topliss-reactive ketones (excluding diaryl/α,β-unsaturated/α-hetero) is 1. The largest absolute Gasteiger partial charge is 0.393 e. The van der Waals surface area contributed by atoms with Crippen molar-refractivity contribution in [2.24, 2.45) is 29.1 Å². The molecular weight excluding hydrogens is 212 g/mol. The third kappa shape index (κ3) is 1.95. The minimum absolute atomic E-state index is 0.0104. The zero-order valence-corrected chi connectivity index (χ0v) is 11.6. The zero-order valence-electron chi connectivity index (χ0n) is 11.6. The number of aliphatic hydroxyl groups is 1. The molecule has 0 amide bonds. The molecule has 2 heteroatoms. The van der Waals surface area contributed by atoms with E-state index in [2.05, 4.69) is 20.8 Å². The number of hydrogen-bond acceptors (Lipinski definition) is 2. The monoisotopic (exact) mass is 238 g/mol. The van der Waals surface area contributed by atoms with Crippen molar-refractivity contribution in [3.8, 4) is 0 Å². The number of carbonyl (C=O) groups excluding carboxylic acids is 1. The maximum atomic E-state index is 11.9.